The van der Waals surface area contributed by atoms with Crippen molar-refractivity contribution >= 4 is 73.7 Å². The predicted octanol–water partition coefficient (Wildman–Crippen LogP) is 2.56. The van der Waals surface area contributed by atoms with Gasteiger partial charge in [0.2, 0.25) is 21.8 Å². The van der Waals surface area contributed by atoms with Crippen molar-refractivity contribution < 1.29 is 37.1 Å². The van der Waals surface area contributed by atoms with Crippen molar-refractivity contribution in [1.29, 1.82) is 0 Å². The van der Waals surface area contributed by atoms with Gasteiger partial charge in [-0.1, -0.05) is 18.2 Å². The number of benzene rings is 3. The number of nitrogens with zero attached hydrogens (tertiary/aromatic N) is 4. The zero-order valence-electron chi connectivity index (χ0n) is 33.9. The molecule has 3 fully saturated rings. The number of nitrogens with one attached hydrogen (secondary N) is 5. The second-order valence-corrected chi connectivity index (χ2v) is 17.9. The lowest BCUT2D eigenvalue weighted by atomic mass is 10.0. The number of piperidine rings is 2. The van der Waals surface area contributed by atoms with Crippen LogP contribution in [0.2, 0.25) is 0 Å². The van der Waals surface area contributed by atoms with Gasteiger partial charge in [0, 0.05) is 89.2 Å². The Kier molecular flexibility index (Phi) is 13.3. The summed E-state index contributed by atoms with van der Waals surface area (Å²) >= 11 is 6.76. The van der Waals surface area contributed by atoms with E-state index in [4.69, 9.17) is 21.1 Å². The molecule has 4 amide bonds. The fourth-order valence-electron chi connectivity index (χ4n) is 8.02. The van der Waals surface area contributed by atoms with Gasteiger partial charge < -0.3 is 30.3 Å². The van der Waals surface area contributed by atoms with Crippen molar-refractivity contribution in [3.05, 3.63) is 71.8 Å². The van der Waals surface area contributed by atoms with Crippen LogP contribution < -0.4 is 40.5 Å². The van der Waals surface area contributed by atoms with Crippen molar-refractivity contribution in [2.75, 3.05) is 105 Å². The van der Waals surface area contributed by atoms with Crippen LogP contribution in [-0.2, 0) is 24.3 Å². The molecular weight excluding hydrogens is 814 g/mol. The van der Waals surface area contributed by atoms with Gasteiger partial charge in [-0.2, -0.15) is 0 Å². The number of carbonyl (C=O) groups excluding carboxylic acids is 4. The highest BCUT2D eigenvalue weighted by molar-refractivity contribution is 7.92. The maximum Gasteiger partial charge on any atom is 0.264 e. The number of anilines is 5. The van der Waals surface area contributed by atoms with Crippen LogP contribution in [0.1, 0.15) is 40.0 Å². The van der Waals surface area contributed by atoms with Crippen LogP contribution in [0.15, 0.2) is 60.7 Å². The van der Waals surface area contributed by atoms with E-state index in [0.717, 1.165) is 54.7 Å². The summed E-state index contributed by atoms with van der Waals surface area (Å²) in [7, 11) is -0.255. The summed E-state index contributed by atoms with van der Waals surface area (Å²) in [5, 5.41) is 15.7. The molecule has 7 rings (SSSR count). The maximum atomic E-state index is 13.3. The molecule has 4 aliphatic rings. The van der Waals surface area contributed by atoms with E-state index in [0.29, 0.717) is 49.8 Å². The largest absolute Gasteiger partial charge is 0.495 e. The molecule has 4 aliphatic heterocycles. The van der Waals surface area contributed by atoms with Crippen molar-refractivity contribution in [1.82, 2.24) is 20.4 Å². The van der Waals surface area contributed by atoms with Crippen LogP contribution in [0.5, 0.6) is 5.75 Å². The standard InChI is InChI=1S/C41H52ClN9O8S/c1-48(60(3,56)57)33-10-5-4-8-29(33)45-32-24-36(44-25-28(32)42)46-30-12-11-26(23-35(30)58-2)50-18-16-49(17-19-50)20-22-59-21-15-43-31-9-6-7-27-38(31)41(55)51(40(27)54)34-13-14-37(52)47-39(34)53/h4-12,23,28,32,34,36,43-46H,13-22,24-25H2,1-3H3,(H,47,52,53). The normalized spacial score (nSPS) is 22.3. The van der Waals surface area contributed by atoms with Crippen LogP contribution in [0.3, 0.4) is 0 Å². The molecule has 17 nitrogen and oxygen atoms in total. The highest BCUT2D eigenvalue weighted by Crippen LogP contribution is 2.35. The first-order valence-corrected chi connectivity index (χ1v) is 22.4. The van der Waals surface area contributed by atoms with Gasteiger partial charge in [0.05, 0.1) is 66.3 Å². The van der Waals surface area contributed by atoms with E-state index in [1.54, 1.807) is 37.4 Å². The first kappa shape index (κ1) is 43.0. The van der Waals surface area contributed by atoms with Gasteiger partial charge in [0.1, 0.15) is 11.8 Å². The Morgan fingerprint density at radius 2 is 1.68 bits per heavy atom. The average Bonchev–Trinajstić information content (AvgIpc) is 3.49. The van der Waals surface area contributed by atoms with Gasteiger partial charge in [-0.25, -0.2) is 8.42 Å². The van der Waals surface area contributed by atoms with E-state index in [9.17, 15) is 27.6 Å². The van der Waals surface area contributed by atoms with Crippen LogP contribution in [0, 0.1) is 0 Å². The van der Waals surface area contributed by atoms with E-state index in [1.807, 2.05) is 24.3 Å². The van der Waals surface area contributed by atoms with E-state index < -0.39 is 39.7 Å². The highest BCUT2D eigenvalue weighted by Gasteiger charge is 2.45. The molecule has 4 atom stereocenters. The third-order valence-corrected chi connectivity index (χ3v) is 13.1. The molecule has 4 unspecified atom stereocenters. The zero-order valence-corrected chi connectivity index (χ0v) is 35.5. The topological polar surface area (TPSA) is 194 Å². The Labute approximate surface area is 355 Å². The van der Waals surface area contributed by atoms with E-state index in [2.05, 4.69) is 42.5 Å². The molecule has 0 radical (unpaired) electrons. The minimum absolute atomic E-state index is 0.0649. The van der Waals surface area contributed by atoms with Gasteiger partial charge in [0.25, 0.3) is 11.8 Å². The molecule has 3 saturated heterocycles. The molecule has 0 spiro atoms. The first-order valence-electron chi connectivity index (χ1n) is 20.1. The Bertz CT molecular complexity index is 2210. The third-order valence-electron chi connectivity index (χ3n) is 11.4. The SMILES string of the molecule is COc1cc(N2CCN(CCOCCNc3cccc4c3C(=O)N(C3CCC(=O)NC3=O)C4=O)CC2)ccc1NC1CC(Nc2ccccc2N(C)S(C)(=O)=O)C(Cl)CN1. The third kappa shape index (κ3) is 9.57. The van der Waals surface area contributed by atoms with E-state index >= 15 is 0 Å². The number of hydrogen-bond acceptors (Lipinski definition) is 14. The summed E-state index contributed by atoms with van der Waals surface area (Å²) in [6, 6.07) is 17.3. The Hall–Kier alpha value is -5.14. The summed E-state index contributed by atoms with van der Waals surface area (Å²) < 4.78 is 37.6. The number of hydrogen-bond donors (Lipinski definition) is 5. The molecule has 19 heteroatoms. The summed E-state index contributed by atoms with van der Waals surface area (Å²) in [6.45, 7) is 6.05. The van der Waals surface area contributed by atoms with E-state index in [1.165, 1.54) is 17.6 Å². The van der Waals surface area contributed by atoms with E-state index in [-0.39, 0.29) is 41.6 Å². The Morgan fingerprint density at radius 1 is 0.917 bits per heavy atom. The van der Waals surface area contributed by atoms with Gasteiger partial charge in [-0.3, -0.25) is 43.9 Å². The van der Waals surface area contributed by atoms with Crippen molar-refractivity contribution in [2.24, 2.45) is 0 Å². The number of alkyl halides is 1. The molecule has 0 aliphatic carbocycles. The lowest BCUT2D eigenvalue weighted by Crippen LogP contribution is -2.54. The van der Waals surface area contributed by atoms with Crippen LogP contribution >= 0.6 is 11.6 Å². The number of imide groups is 2. The lowest BCUT2D eigenvalue weighted by Gasteiger charge is -2.37. The van der Waals surface area contributed by atoms with Crippen LogP contribution in [0.25, 0.3) is 0 Å². The minimum atomic E-state index is -3.45. The minimum Gasteiger partial charge on any atom is -0.495 e. The number of sulfonamides is 1. The number of para-hydroxylation sites is 2. The summed E-state index contributed by atoms with van der Waals surface area (Å²) in [4.78, 5) is 56.1. The quantitative estimate of drug-likeness (QED) is 0.0802. The molecule has 3 aromatic carbocycles. The van der Waals surface area contributed by atoms with Crippen LogP contribution in [0.4, 0.5) is 28.4 Å². The maximum absolute atomic E-state index is 13.3. The van der Waals surface area contributed by atoms with Crippen LogP contribution in [-0.4, -0.2) is 145 Å². The molecule has 0 saturated carbocycles. The van der Waals surface area contributed by atoms with Crippen molar-refractivity contribution in [2.45, 2.75) is 42.9 Å². The predicted molar refractivity (Wildman–Crippen MR) is 231 cm³/mol. The number of halogens is 1. The number of piperazine rings is 1. The number of ether oxygens (including phenoxy) is 2. The summed E-state index contributed by atoms with van der Waals surface area (Å²) in [6.07, 6.45) is 1.85. The Morgan fingerprint density at radius 3 is 2.43 bits per heavy atom. The summed E-state index contributed by atoms with van der Waals surface area (Å²) in [5.74, 6) is -1.42. The lowest BCUT2D eigenvalue weighted by molar-refractivity contribution is -0.136. The van der Waals surface area contributed by atoms with Gasteiger partial charge in [-0.05, 0) is 42.8 Å². The first-order chi connectivity index (χ1) is 28.8. The molecular formula is C41H52ClN9O8S. The fourth-order valence-corrected chi connectivity index (χ4v) is 8.79. The molecule has 322 valence electrons. The molecule has 4 heterocycles. The van der Waals surface area contributed by atoms with Gasteiger partial charge in [-0.15, -0.1) is 11.6 Å². The Balaban J connectivity index is 0.845. The van der Waals surface area contributed by atoms with Gasteiger partial charge in [0.15, 0.2) is 0 Å². The fraction of sp³-hybridized carbons (Fsp3) is 0.463. The number of amides is 4. The molecule has 5 N–H and O–H groups in total. The number of methoxy groups -OCH3 is 1. The molecule has 60 heavy (non-hydrogen) atoms. The molecule has 0 bridgehead atoms. The molecule has 0 aromatic heterocycles. The molecule has 3 aromatic rings. The second kappa shape index (κ2) is 18.6. The smallest absolute Gasteiger partial charge is 0.264 e. The highest BCUT2D eigenvalue weighted by atomic mass is 35.5. The van der Waals surface area contributed by atoms with Gasteiger partial charge >= 0.3 is 0 Å². The number of carbonyl (C=O) groups is 4. The second-order valence-electron chi connectivity index (χ2n) is 15.3. The number of rotatable bonds is 16. The summed E-state index contributed by atoms with van der Waals surface area (Å²) in [5.41, 5.74) is 4.11. The number of fused-ring (bicyclic) bond motifs is 1. The van der Waals surface area contributed by atoms with Crippen molar-refractivity contribution in [3.8, 4) is 5.75 Å². The zero-order chi connectivity index (χ0) is 42.6. The van der Waals surface area contributed by atoms with Crippen molar-refractivity contribution in [3.63, 3.8) is 0 Å². The monoisotopic (exact) mass is 865 g/mol. The average molecular weight is 866 g/mol.